The minimum absolute atomic E-state index is 0.0980. The molecule has 1 heterocycles. The molecule has 0 aromatic heterocycles. The van der Waals surface area contributed by atoms with E-state index in [2.05, 4.69) is 11.8 Å². The molecule has 0 aromatic carbocycles. The summed E-state index contributed by atoms with van der Waals surface area (Å²) in [5.74, 6) is 5.73. The van der Waals surface area contributed by atoms with Crippen molar-refractivity contribution in [1.29, 1.82) is 0 Å². The van der Waals surface area contributed by atoms with E-state index >= 15 is 0 Å². The van der Waals surface area contributed by atoms with E-state index in [4.69, 9.17) is 5.11 Å². The summed E-state index contributed by atoms with van der Waals surface area (Å²) in [5, 5.41) is 18.3. The molecule has 0 saturated carbocycles. The molecule has 68 valence electrons. The second-order valence-corrected chi connectivity index (χ2v) is 3.08. The van der Waals surface area contributed by atoms with Crippen molar-refractivity contribution >= 4 is 0 Å². The minimum atomic E-state index is -0.291. The summed E-state index contributed by atoms with van der Waals surface area (Å²) >= 11 is 0. The van der Waals surface area contributed by atoms with Crippen LogP contribution in [0.3, 0.4) is 0 Å². The van der Waals surface area contributed by atoms with Crippen molar-refractivity contribution in [3.8, 4) is 11.8 Å². The highest BCUT2D eigenvalue weighted by atomic mass is 16.3. The van der Waals surface area contributed by atoms with Crippen LogP contribution in [-0.4, -0.2) is 47.0 Å². The normalized spacial score (nSPS) is 29.9. The maximum Gasteiger partial charge on any atom is 0.0683 e. The molecule has 2 N–H and O–H groups in total. The first kappa shape index (κ1) is 9.53. The fourth-order valence-corrected chi connectivity index (χ4v) is 1.52. The van der Waals surface area contributed by atoms with E-state index in [1.165, 1.54) is 0 Å². The van der Waals surface area contributed by atoms with Crippen molar-refractivity contribution in [1.82, 2.24) is 4.90 Å². The van der Waals surface area contributed by atoms with E-state index in [1.807, 2.05) is 4.90 Å². The van der Waals surface area contributed by atoms with Crippen LogP contribution in [-0.2, 0) is 0 Å². The van der Waals surface area contributed by atoms with Crippen molar-refractivity contribution in [3.63, 3.8) is 0 Å². The third kappa shape index (κ3) is 2.21. The van der Waals surface area contributed by atoms with Gasteiger partial charge in [-0.15, -0.1) is 5.92 Å². The van der Waals surface area contributed by atoms with Gasteiger partial charge in [0.05, 0.1) is 19.3 Å². The van der Waals surface area contributed by atoms with Gasteiger partial charge in [-0.25, -0.2) is 0 Å². The lowest BCUT2D eigenvalue weighted by Crippen LogP contribution is -2.32. The van der Waals surface area contributed by atoms with Gasteiger partial charge in [0.25, 0.3) is 0 Å². The molecule has 0 radical (unpaired) electrons. The third-order valence-electron chi connectivity index (χ3n) is 2.18. The van der Waals surface area contributed by atoms with Gasteiger partial charge in [0.2, 0.25) is 0 Å². The SMILES string of the molecule is CC#CCN1C[C@H](O)C[C@H]1CO. The molecular weight excluding hydrogens is 154 g/mol. The Kier molecular flexibility index (Phi) is 3.54. The van der Waals surface area contributed by atoms with Gasteiger partial charge in [0, 0.05) is 12.6 Å². The average molecular weight is 169 g/mol. The summed E-state index contributed by atoms with van der Waals surface area (Å²) in [7, 11) is 0. The lowest BCUT2D eigenvalue weighted by Gasteiger charge is -2.18. The minimum Gasteiger partial charge on any atom is -0.395 e. The fraction of sp³-hybridized carbons (Fsp3) is 0.778. The zero-order chi connectivity index (χ0) is 8.97. The molecule has 3 nitrogen and oxygen atoms in total. The van der Waals surface area contributed by atoms with Gasteiger partial charge in [-0.05, 0) is 13.3 Å². The Morgan fingerprint density at radius 2 is 2.33 bits per heavy atom. The lowest BCUT2D eigenvalue weighted by atomic mass is 10.2. The molecular formula is C9H15NO2. The Bertz CT molecular complexity index is 194. The molecule has 0 aromatic rings. The van der Waals surface area contributed by atoms with E-state index in [-0.39, 0.29) is 18.8 Å². The highest BCUT2D eigenvalue weighted by molar-refractivity contribution is 5.00. The molecule has 0 spiro atoms. The van der Waals surface area contributed by atoms with Gasteiger partial charge < -0.3 is 10.2 Å². The molecule has 3 heteroatoms. The van der Waals surface area contributed by atoms with Gasteiger partial charge in [0.1, 0.15) is 0 Å². The monoisotopic (exact) mass is 169 g/mol. The fourth-order valence-electron chi connectivity index (χ4n) is 1.52. The molecule has 1 fully saturated rings. The quantitative estimate of drug-likeness (QED) is 0.544. The zero-order valence-corrected chi connectivity index (χ0v) is 7.32. The number of likely N-dealkylation sites (tertiary alicyclic amines) is 1. The molecule has 1 rings (SSSR count). The predicted molar refractivity (Wildman–Crippen MR) is 46.5 cm³/mol. The van der Waals surface area contributed by atoms with Crippen LogP contribution in [0.15, 0.2) is 0 Å². The van der Waals surface area contributed by atoms with Crippen molar-refractivity contribution in [2.45, 2.75) is 25.5 Å². The van der Waals surface area contributed by atoms with E-state index in [1.54, 1.807) is 6.92 Å². The van der Waals surface area contributed by atoms with Gasteiger partial charge in [0.15, 0.2) is 0 Å². The molecule has 12 heavy (non-hydrogen) atoms. The first-order valence-corrected chi connectivity index (χ1v) is 4.20. The van der Waals surface area contributed by atoms with Crippen LogP contribution in [0.4, 0.5) is 0 Å². The first-order chi connectivity index (χ1) is 5.77. The summed E-state index contributed by atoms with van der Waals surface area (Å²) in [5.41, 5.74) is 0. The second kappa shape index (κ2) is 4.46. The number of hydrogen-bond acceptors (Lipinski definition) is 3. The predicted octanol–water partition coefficient (Wildman–Crippen LogP) is -0.563. The topological polar surface area (TPSA) is 43.7 Å². The Balaban J connectivity index is 2.44. The highest BCUT2D eigenvalue weighted by Crippen LogP contribution is 2.16. The average Bonchev–Trinajstić information content (AvgIpc) is 2.42. The summed E-state index contributed by atoms with van der Waals surface area (Å²) in [6.45, 7) is 3.20. The molecule has 0 bridgehead atoms. The molecule has 1 saturated heterocycles. The van der Waals surface area contributed by atoms with Gasteiger partial charge in [-0.3, -0.25) is 4.90 Å². The Morgan fingerprint density at radius 3 is 2.92 bits per heavy atom. The molecule has 1 aliphatic heterocycles. The van der Waals surface area contributed by atoms with Crippen molar-refractivity contribution < 1.29 is 10.2 Å². The van der Waals surface area contributed by atoms with E-state index in [9.17, 15) is 5.11 Å². The van der Waals surface area contributed by atoms with Crippen LogP contribution < -0.4 is 0 Å². The Morgan fingerprint density at radius 1 is 1.58 bits per heavy atom. The Hall–Kier alpha value is -0.560. The molecule has 0 unspecified atom stereocenters. The molecule has 1 aliphatic rings. The highest BCUT2D eigenvalue weighted by Gasteiger charge is 2.29. The Labute approximate surface area is 73.0 Å². The number of nitrogens with zero attached hydrogens (tertiary/aromatic N) is 1. The smallest absolute Gasteiger partial charge is 0.0683 e. The zero-order valence-electron chi connectivity index (χ0n) is 7.32. The largest absolute Gasteiger partial charge is 0.395 e. The van der Waals surface area contributed by atoms with Crippen LogP contribution in [0.5, 0.6) is 0 Å². The van der Waals surface area contributed by atoms with Crippen molar-refractivity contribution in [3.05, 3.63) is 0 Å². The van der Waals surface area contributed by atoms with Crippen LogP contribution >= 0.6 is 0 Å². The number of aliphatic hydroxyl groups is 2. The number of aliphatic hydroxyl groups excluding tert-OH is 2. The van der Waals surface area contributed by atoms with Crippen LogP contribution in [0.25, 0.3) is 0 Å². The van der Waals surface area contributed by atoms with Gasteiger partial charge >= 0.3 is 0 Å². The van der Waals surface area contributed by atoms with Gasteiger partial charge in [-0.2, -0.15) is 0 Å². The third-order valence-corrected chi connectivity index (χ3v) is 2.18. The maximum atomic E-state index is 9.30. The summed E-state index contributed by atoms with van der Waals surface area (Å²) < 4.78 is 0. The number of hydrogen-bond donors (Lipinski definition) is 2. The van der Waals surface area contributed by atoms with E-state index in [0.29, 0.717) is 19.5 Å². The first-order valence-electron chi connectivity index (χ1n) is 4.20. The summed E-state index contributed by atoms with van der Waals surface area (Å²) in [4.78, 5) is 2.02. The van der Waals surface area contributed by atoms with Crippen LogP contribution in [0, 0.1) is 11.8 Å². The molecule has 0 aliphatic carbocycles. The molecule has 2 atom stereocenters. The van der Waals surface area contributed by atoms with Crippen molar-refractivity contribution in [2.75, 3.05) is 19.7 Å². The second-order valence-electron chi connectivity index (χ2n) is 3.08. The summed E-state index contributed by atoms with van der Waals surface area (Å²) in [6, 6.07) is 0.0980. The van der Waals surface area contributed by atoms with Crippen LogP contribution in [0.1, 0.15) is 13.3 Å². The van der Waals surface area contributed by atoms with Crippen molar-refractivity contribution in [2.24, 2.45) is 0 Å². The van der Waals surface area contributed by atoms with E-state index in [0.717, 1.165) is 0 Å². The van der Waals surface area contributed by atoms with Gasteiger partial charge in [-0.1, -0.05) is 5.92 Å². The summed E-state index contributed by atoms with van der Waals surface area (Å²) in [6.07, 6.45) is 0.378. The number of rotatable bonds is 2. The maximum absolute atomic E-state index is 9.30. The standard InChI is InChI=1S/C9H15NO2/c1-2-3-4-10-6-9(12)5-8(10)7-11/h8-9,11-12H,4-7H2,1H3/t8-,9+/m0/s1. The molecule has 0 amide bonds. The van der Waals surface area contributed by atoms with Crippen LogP contribution in [0.2, 0.25) is 0 Å². The number of β-amino-alcohol motifs (C(OH)–C–C–N with tert-alkyl or cyclic N) is 1. The van der Waals surface area contributed by atoms with E-state index < -0.39 is 0 Å². The lowest BCUT2D eigenvalue weighted by molar-refractivity contribution is 0.169.